The Kier molecular flexibility index (Phi) is 4.65. The summed E-state index contributed by atoms with van der Waals surface area (Å²) in [4.78, 5) is 10.1. The molecule has 0 spiro atoms. The Balaban J connectivity index is 2.82. The molecule has 1 amide bonds. The number of carbonyl (C=O) groups is 1. The summed E-state index contributed by atoms with van der Waals surface area (Å²) in [6, 6.07) is 2.15. The number of hydrogen-bond acceptors (Lipinski definition) is 1. The van der Waals surface area contributed by atoms with Crippen molar-refractivity contribution in [3.63, 3.8) is 0 Å². The van der Waals surface area contributed by atoms with Gasteiger partial charge in [-0.25, -0.2) is 0 Å². The second-order valence-corrected chi connectivity index (χ2v) is 3.28. The van der Waals surface area contributed by atoms with Crippen LogP contribution in [0.1, 0.15) is 13.3 Å². The maximum Gasteiger partial charge on any atom is 0.217 e. The largest absolute Gasteiger partial charge is 0.370 e. The lowest BCUT2D eigenvalue weighted by molar-refractivity contribution is -0.117. The summed E-state index contributed by atoms with van der Waals surface area (Å²) in [5.41, 5.74) is 4.90. The van der Waals surface area contributed by atoms with E-state index in [4.69, 9.17) is 5.73 Å². The molecule has 0 fully saturated rings. The van der Waals surface area contributed by atoms with Gasteiger partial charge in [0.25, 0.3) is 0 Å². The van der Waals surface area contributed by atoms with E-state index in [-0.39, 0.29) is 5.91 Å². The Bertz CT molecular complexity index is 74.8. The van der Waals surface area contributed by atoms with Gasteiger partial charge >= 0.3 is 0 Å². The molecule has 0 atom stereocenters. The molecule has 0 saturated carbocycles. The van der Waals surface area contributed by atoms with Crippen LogP contribution >= 0.6 is 0 Å². The van der Waals surface area contributed by atoms with E-state index in [9.17, 15) is 4.79 Å². The van der Waals surface area contributed by atoms with Gasteiger partial charge < -0.3 is 5.73 Å². The lowest BCUT2D eigenvalue weighted by Gasteiger charge is -1.89. The van der Waals surface area contributed by atoms with Crippen molar-refractivity contribution >= 4 is 15.4 Å². The fourth-order valence-corrected chi connectivity index (χ4v) is 1.17. The van der Waals surface area contributed by atoms with Gasteiger partial charge in [0.05, 0.1) is 0 Å². The number of nitrogens with two attached hydrogens (primary N) is 1. The van der Waals surface area contributed by atoms with Crippen molar-refractivity contribution in [2.24, 2.45) is 5.73 Å². The second kappa shape index (κ2) is 4.84. The molecule has 2 radical (unpaired) electrons. The highest BCUT2D eigenvalue weighted by Crippen LogP contribution is 1.88. The molecule has 2 nitrogen and oxygen atoms in total. The Hall–Kier alpha value is -0.313. The first-order valence-electron chi connectivity index (χ1n) is 2.76. The molecule has 0 saturated heterocycles. The van der Waals surface area contributed by atoms with Gasteiger partial charge in [0.1, 0.15) is 0 Å². The quantitative estimate of drug-likeness (QED) is 0.434. The Morgan fingerprint density at radius 3 is 2.75 bits per heavy atom. The Labute approximate surface area is 52.3 Å². The third-order valence-electron chi connectivity index (χ3n) is 0.798. The first-order valence-corrected chi connectivity index (χ1v) is 4.17. The summed E-state index contributed by atoms with van der Waals surface area (Å²) < 4.78 is 0. The zero-order valence-corrected chi connectivity index (χ0v) is 6.11. The highest BCUT2D eigenvalue weighted by molar-refractivity contribution is 6.35. The molecule has 0 aromatic carbocycles. The molecule has 0 rings (SSSR count). The van der Waals surface area contributed by atoms with Crippen molar-refractivity contribution in [2.45, 2.75) is 25.4 Å². The van der Waals surface area contributed by atoms with E-state index in [2.05, 4.69) is 6.92 Å². The zero-order chi connectivity index (χ0) is 6.41. The number of primary amides is 1. The SMILES string of the molecule is CC[Si]CCC(N)=O. The summed E-state index contributed by atoms with van der Waals surface area (Å²) in [5.74, 6) is -0.175. The summed E-state index contributed by atoms with van der Waals surface area (Å²) >= 11 is 0. The standard InChI is InChI=1S/C5H11NOSi/c1-2-8-4-3-5(6)7/h2-4H2,1H3,(H2,6,7). The zero-order valence-electron chi connectivity index (χ0n) is 5.11. The lowest BCUT2D eigenvalue weighted by Crippen LogP contribution is -2.10. The van der Waals surface area contributed by atoms with Crippen molar-refractivity contribution in [3.05, 3.63) is 0 Å². The molecule has 46 valence electrons. The van der Waals surface area contributed by atoms with E-state index in [1.807, 2.05) is 0 Å². The minimum absolute atomic E-state index is 0.175. The van der Waals surface area contributed by atoms with Gasteiger partial charge in [0, 0.05) is 15.9 Å². The monoisotopic (exact) mass is 129 g/mol. The molecule has 0 aromatic heterocycles. The summed E-state index contributed by atoms with van der Waals surface area (Å²) in [6.45, 7) is 2.11. The molecule has 0 unspecified atom stereocenters. The molecule has 3 heteroatoms. The van der Waals surface area contributed by atoms with Crippen LogP contribution in [0.25, 0.3) is 0 Å². The van der Waals surface area contributed by atoms with Gasteiger partial charge in [-0.2, -0.15) is 0 Å². The van der Waals surface area contributed by atoms with E-state index < -0.39 is 0 Å². The van der Waals surface area contributed by atoms with Gasteiger partial charge in [-0.05, 0) is 0 Å². The van der Waals surface area contributed by atoms with Crippen LogP contribution in [0.3, 0.4) is 0 Å². The highest BCUT2D eigenvalue weighted by atomic mass is 28.2. The first-order chi connectivity index (χ1) is 3.77. The minimum atomic E-state index is -0.175. The van der Waals surface area contributed by atoms with E-state index >= 15 is 0 Å². The van der Waals surface area contributed by atoms with Gasteiger partial charge in [0.2, 0.25) is 5.91 Å². The highest BCUT2D eigenvalue weighted by Gasteiger charge is 1.91. The molecular weight excluding hydrogens is 118 g/mol. The van der Waals surface area contributed by atoms with E-state index in [1.165, 1.54) is 6.04 Å². The molecule has 0 bridgehead atoms. The normalized spacial score (nSPS) is 9.12. The molecule has 0 aromatic rings. The Morgan fingerprint density at radius 1 is 1.75 bits per heavy atom. The smallest absolute Gasteiger partial charge is 0.217 e. The Morgan fingerprint density at radius 2 is 2.38 bits per heavy atom. The van der Waals surface area contributed by atoms with Gasteiger partial charge in [-0.3, -0.25) is 4.79 Å². The summed E-state index contributed by atoms with van der Waals surface area (Å²) in [6.07, 6.45) is 0.562. The van der Waals surface area contributed by atoms with Crippen molar-refractivity contribution in [3.8, 4) is 0 Å². The van der Waals surface area contributed by atoms with E-state index in [0.29, 0.717) is 6.42 Å². The third kappa shape index (κ3) is 5.69. The molecular formula is C5H11NOSi. The van der Waals surface area contributed by atoms with Crippen LogP contribution in [0.15, 0.2) is 0 Å². The molecule has 2 N–H and O–H groups in total. The van der Waals surface area contributed by atoms with E-state index in [1.54, 1.807) is 0 Å². The summed E-state index contributed by atoms with van der Waals surface area (Å²) in [7, 11) is 0.907. The van der Waals surface area contributed by atoms with Gasteiger partial charge in [0.15, 0.2) is 0 Å². The number of hydrogen-bond donors (Lipinski definition) is 1. The first kappa shape index (κ1) is 7.69. The van der Waals surface area contributed by atoms with Crippen molar-refractivity contribution < 1.29 is 4.79 Å². The fourth-order valence-electron chi connectivity index (χ4n) is 0.388. The molecule has 8 heavy (non-hydrogen) atoms. The van der Waals surface area contributed by atoms with Crippen LogP contribution in [-0.2, 0) is 4.79 Å². The van der Waals surface area contributed by atoms with Gasteiger partial charge in [-0.1, -0.05) is 19.0 Å². The molecule has 0 aliphatic carbocycles. The molecule has 0 heterocycles. The average Bonchev–Trinajstić information content (AvgIpc) is 1.66. The van der Waals surface area contributed by atoms with Crippen LogP contribution in [0.4, 0.5) is 0 Å². The topological polar surface area (TPSA) is 43.1 Å². The number of amides is 1. The van der Waals surface area contributed by atoms with Crippen LogP contribution in [0.5, 0.6) is 0 Å². The maximum absolute atomic E-state index is 10.1. The van der Waals surface area contributed by atoms with Crippen molar-refractivity contribution in [1.29, 1.82) is 0 Å². The molecule has 0 aliphatic rings. The minimum Gasteiger partial charge on any atom is -0.370 e. The van der Waals surface area contributed by atoms with E-state index in [0.717, 1.165) is 15.6 Å². The van der Waals surface area contributed by atoms with Crippen molar-refractivity contribution in [2.75, 3.05) is 0 Å². The predicted molar refractivity (Wildman–Crippen MR) is 34.9 cm³/mol. The third-order valence-corrected chi connectivity index (χ3v) is 1.90. The average molecular weight is 129 g/mol. The number of rotatable bonds is 4. The molecule has 0 aliphatic heterocycles. The predicted octanol–water partition coefficient (Wildman–Crippen LogP) is 0.422. The fraction of sp³-hybridized carbons (Fsp3) is 0.800. The maximum atomic E-state index is 10.1. The van der Waals surface area contributed by atoms with Gasteiger partial charge in [-0.15, -0.1) is 0 Å². The van der Waals surface area contributed by atoms with Crippen LogP contribution in [-0.4, -0.2) is 15.4 Å². The lowest BCUT2D eigenvalue weighted by atomic mass is 10.5. The second-order valence-electron chi connectivity index (χ2n) is 1.57. The van der Waals surface area contributed by atoms with Crippen LogP contribution in [0, 0.1) is 0 Å². The van der Waals surface area contributed by atoms with Crippen molar-refractivity contribution in [1.82, 2.24) is 0 Å². The van der Waals surface area contributed by atoms with Crippen LogP contribution in [0.2, 0.25) is 12.1 Å². The summed E-state index contributed by atoms with van der Waals surface area (Å²) in [5, 5.41) is 0. The number of carbonyl (C=O) groups excluding carboxylic acids is 1. The van der Waals surface area contributed by atoms with Crippen LogP contribution < -0.4 is 5.73 Å².